The zero-order valence-corrected chi connectivity index (χ0v) is 7.54. The van der Waals surface area contributed by atoms with Crippen molar-refractivity contribution >= 4 is 38.2 Å². The van der Waals surface area contributed by atoms with Gasteiger partial charge in [-0.15, -0.1) is 0 Å². The van der Waals surface area contributed by atoms with Gasteiger partial charge in [0.05, 0.1) is 0 Å². The number of hydrogen-bond donors (Lipinski definition) is 0. The van der Waals surface area contributed by atoms with Gasteiger partial charge in [-0.3, -0.25) is 0 Å². The van der Waals surface area contributed by atoms with E-state index in [4.69, 9.17) is 23.2 Å². The molecule has 0 unspecified atom stereocenters. The summed E-state index contributed by atoms with van der Waals surface area (Å²) in [5.74, 6) is 0. The summed E-state index contributed by atoms with van der Waals surface area (Å²) >= 11 is 11.3. The Hall–Kier alpha value is 1.10. The van der Waals surface area contributed by atoms with Crippen LogP contribution in [0.4, 0.5) is 0 Å². The molecule has 7 heavy (non-hydrogen) atoms. The Labute approximate surface area is 60.7 Å². The van der Waals surface area contributed by atoms with Gasteiger partial charge in [-0.1, -0.05) is 0 Å². The zero-order chi connectivity index (χ0) is 5.86. The summed E-state index contributed by atoms with van der Waals surface area (Å²) in [5.41, 5.74) is 0. The predicted octanol–water partition coefficient (Wildman–Crippen LogP) is 2.28. The van der Waals surface area contributed by atoms with Crippen molar-refractivity contribution in [2.24, 2.45) is 0 Å². The number of rotatable bonds is 2. The van der Waals surface area contributed by atoms with Crippen LogP contribution in [0, 0.1) is 0 Å². The SMILES string of the molecule is CC(C)[Se]C(Cl)Cl. The van der Waals surface area contributed by atoms with Gasteiger partial charge in [0, 0.05) is 0 Å². The second-order valence-corrected chi connectivity index (χ2v) is 7.25. The van der Waals surface area contributed by atoms with Crippen molar-refractivity contribution in [1.29, 1.82) is 0 Å². The minimum absolute atomic E-state index is 0.118. The summed E-state index contributed by atoms with van der Waals surface area (Å²) in [7, 11) is 0. The molecule has 3 heteroatoms. The Balaban J connectivity index is 2.95. The van der Waals surface area contributed by atoms with Gasteiger partial charge in [0.1, 0.15) is 0 Å². The monoisotopic (exact) mass is 206 g/mol. The van der Waals surface area contributed by atoms with E-state index in [-0.39, 0.29) is 3.73 Å². The van der Waals surface area contributed by atoms with Crippen molar-refractivity contribution in [2.75, 3.05) is 0 Å². The van der Waals surface area contributed by atoms with Crippen LogP contribution >= 0.6 is 23.2 Å². The fourth-order valence-electron chi connectivity index (χ4n) is 0.206. The molecule has 0 atom stereocenters. The van der Waals surface area contributed by atoms with Gasteiger partial charge in [-0.25, -0.2) is 0 Å². The molecule has 0 aliphatic rings. The number of halogens is 2. The summed E-state index contributed by atoms with van der Waals surface area (Å²) < 4.78 is -0.118. The Morgan fingerprint density at radius 1 is 1.29 bits per heavy atom. The molecule has 0 aliphatic carbocycles. The standard InChI is InChI=1S/C4H8Cl2Se/c1-3(2)7-4(5)6/h3-4H,1-2H3. The molecule has 0 heterocycles. The fourth-order valence-corrected chi connectivity index (χ4v) is 3.21. The van der Waals surface area contributed by atoms with Crippen LogP contribution in [0.15, 0.2) is 0 Å². The molecule has 0 N–H and O–H groups in total. The quantitative estimate of drug-likeness (QED) is 0.480. The van der Waals surface area contributed by atoms with Crippen LogP contribution in [0.25, 0.3) is 0 Å². The van der Waals surface area contributed by atoms with Crippen molar-refractivity contribution in [2.45, 2.75) is 22.4 Å². The molecule has 0 bridgehead atoms. The van der Waals surface area contributed by atoms with E-state index in [1.54, 1.807) is 0 Å². The maximum atomic E-state index is 5.47. The molecule has 0 fully saturated rings. The van der Waals surface area contributed by atoms with Crippen molar-refractivity contribution in [3.05, 3.63) is 0 Å². The third-order valence-electron chi connectivity index (χ3n) is 0.375. The van der Waals surface area contributed by atoms with Crippen LogP contribution in [-0.4, -0.2) is 18.7 Å². The first kappa shape index (κ1) is 8.10. The van der Waals surface area contributed by atoms with E-state index >= 15 is 0 Å². The number of hydrogen-bond acceptors (Lipinski definition) is 0. The summed E-state index contributed by atoms with van der Waals surface area (Å²) in [5, 5.41) is 0. The minimum atomic E-state index is -0.118. The molecular weight excluding hydrogens is 198 g/mol. The van der Waals surface area contributed by atoms with Gasteiger partial charge in [0.15, 0.2) is 0 Å². The predicted molar refractivity (Wildman–Crippen MR) is 36.3 cm³/mol. The van der Waals surface area contributed by atoms with Crippen molar-refractivity contribution < 1.29 is 0 Å². The fraction of sp³-hybridized carbons (Fsp3) is 1.00. The summed E-state index contributed by atoms with van der Waals surface area (Å²) in [6, 6.07) is 0. The van der Waals surface area contributed by atoms with Gasteiger partial charge in [0.25, 0.3) is 0 Å². The molecule has 0 saturated heterocycles. The average molecular weight is 206 g/mol. The second-order valence-electron chi connectivity index (χ2n) is 1.45. The third-order valence-corrected chi connectivity index (χ3v) is 3.02. The van der Waals surface area contributed by atoms with Crippen LogP contribution < -0.4 is 0 Å². The normalized spacial score (nSPS) is 11.1. The molecule has 0 nitrogen and oxygen atoms in total. The first-order chi connectivity index (χ1) is 3.13. The molecule has 0 radical (unpaired) electrons. The van der Waals surface area contributed by atoms with Crippen LogP contribution in [0.5, 0.6) is 0 Å². The Morgan fingerprint density at radius 2 is 1.71 bits per heavy atom. The Morgan fingerprint density at radius 3 is 1.71 bits per heavy atom. The van der Waals surface area contributed by atoms with Gasteiger partial charge in [-0.05, 0) is 0 Å². The second kappa shape index (κ2) is 4.03. The molecule has 0 saturated carbocycles. The van der Waals surface area contributed by atoms with Gasteiger partial charge in [0.2, 0.25) is 0 Å². The van der Waals surface area contributed by atoms with Crippen LogP contribution in [0.3, 0.4) is 0 Å². The van der Waals surface area contributed by atoms with E-state index in [0.717, 1.165) is 0 Å². The average Bonchev–Trinajstić information content (AvgIpc) is 1.27. The van der Waals surface area contributed by atoms with E-state index in [2.05, 4.69) is 13.8 Å². The van der Waals surface area contributed by atoms with E-state index in [1.165, 1.54) is 0 Å². The Kier molecular flexibility index (Phi) is 4.66. The van der Waals surface area contributed by atoms with Crippen LogP contribution in [-0.2, 0) is 0 Å². The first-order valence-electron chi connectivity index (χ1n) is 2.06. The molecule has 0 aromatic carbocycles. The van der Waals surface area contributed by atoms with E-state index in [0.29, 0.717) is 19.8 Å². The van der Waals surface area contributed by atoms with Crippen molar-refractivity contribution in [1.82, 2.24) is 0 Å². The molecule has 0 amide bonds. The topological polar surface area (TPSA) is 0 Å². The van der Waals surface area contributed by atoms with Gasteiger partial charge >= 0.3 is 60.6 Å². The first-order valence-corrected chi connectivity index (χ1v) is 4.91. The summed E-state index contributed by atoms with van der Waals surface area (Å²) in [6.45, 7) is 4.25. The van der Waals surface area contributed by atoms with Gasteiger partial charge < -0.3 is 0 Å². The maximum absolute atomic E-state index is 5.47. The van der Waals surface area contributed by atoms with E-state index in [1.807, 2.05) is 0 Å². The zero-order valence-electron chi connectivity index (χ0n) is 4.32. The third kappa shape index (κ3) is 7.10. The number of alkyl halides is 2. The molecular formula is C4H8Cl2Se. The molecule has 0 rings (SSSR count). The molecule has 44 valence electrons. The Bertz CT molecular complexity index is 39.0. The molecule has 0 aromatic rings. The van der Waals surface area contributed by atoms with Crippen molar-refractivity contribution in [3.63, 3.8) is 0 Å². The van der Waals surface area contributed by atoms with Crippen LogP contribution in [0.2, 0.25) is 4.82 Å². The van der Waals surface area contributed by atoms with Gasteiger partial charge in [-0.2, -0.15) is 0 Å². The summed E-state index contributed by atoms with van der Waals surface area (Å²) in [6.07, 6.45) is 0. The van der Waals surface area contributed by atoms with E-state index < -0.39 is 0 Å². The van der Waals surface area contributed by atoms with E-state index in [9.17, 15) is 0 Å². The van der Waals surface area contributed by atoms with Crippen molar-refractivity contribution in [3.8, 4) is 0 Å². The molecule has 0 aliphatic heterocycles. The molecule has 0 spiro atoms. The molecule has 0 aromatic heterocycles. The summed E-state index contributed by atoms with van der Waals surface area (Å²) in [4.78, 5) is 0.674. The van der Waals surface area contributed by atoms with Crippen LogP contribution in [0.1, 0.15) is 13.8 Å².